The molecule has 1 N–H and O–H groups in total. The summed E-state index contributed by atoms with van der Waals surface area (Å²) in [5.74, 6) is -0.768. The molecule has 0 radical (unpaired) electrons. The van der Waals surface area contributed by atoms with Gasteiger partial charge in [-0.2, -0.15) is 0 Å². The second-order valence-corrected chi connectivity index (χ2v) is 32.0. The number of hydrogen-bond acceptors (Lipinski definition) is 7. The molecule has 0 amide bonds. The maximum Gasteiger partial charge on any atom is 0.472 e. The number of carbonyl (C=O) groups excluding carboxylic acids is 2. The Labute approximate surface area is 599 Å². The number of hydrogen-bond donors (Lipinski definition) is 1. The van der Waals surface area contributed by atoms with Crippen molar-refractivity contribution in [3.63, 3.8) is 0 Å². The van der Waals surface area contributed by atoms with Gasteiger partial charge in [0.2, 0.25) is 0 Å². The minimum Gasteiger partial charge on any atom is -0.462 e. The Kier molecular flexibility index (Phi) is 76.0. The molecular weight excluding hydrogens is 1210 g/mol. The van der Waals surface area contributed by atoms with Crippen LogP contribution in [0.2, 0.25) is 0 Å². The van der Waals surface area contributed by atoms with E-state index in [1.54, 1.807) is 0 Å². The molecule has 0 aromatic carbocycles. The van der Waals surface area contributed by atoms with E-state index in [4.69, 9.17) is 18.5 Å². The van der Waals surface area contributed by atoms with Gasteiger partial charge < -0.3 is 18.9 Å². The van der Waals surface area contributed by atoms with Crippen LogP contribution in [0.25, 0.3) is 0 Å². The molecule has 0 rings (SSSR count). The van der Waals surface area contributed by atoms with E-state index in [2.05, 4.69) is 50.3 Å². The van der Waals surface area contributed by atoms with E-state index in [0.717, 1.165) is 38.5 Å². The molecule has 96 heavy (non-hydrogen) atoms. The second kappa shape index (κ2) is 77.4. The fourth-order valence-corrected chi connectivity index (χ4v) is 13.9. The lowest BCUT2D eigenvalue weighted by Gasteiger charge is -2.24. The van der Waals surface area contributed by atoms with Gasteiger partial charge in [-0.15, -0.1) is 0 Å². The van der Waals surface area contributed by atoms with E-state index in [1.165, 1.54) is 379 Å². The van der Waals surface area contributed by atoms with Gasteiger partial charge in [-0.1, -0.05) is 403 Å². The van der Waals surface area contributed by atoms with Crippen molar-refractivity contribution < 1.29 is 42.1 Å². The first-order valence-corrected chi connectivity index (χ1v) is 44.2. The molecular formula is C86H167NO8P+. The third-order valence-electron chi connectivity index (χ3n) is 19.6. The van der Waals surface area contributed by atoms with Crippen LogP contribution < -0.4 is 0 Å². The number of phosphoric ester groups is 1. The minimum absolute atomic E-state index is 0.0357. The average Bonchev–Trinajstić information content (AvgIpc) is 2.74. The molecule has 10 heteroatoms. The summed E-state index contributed by atoms with van der Waals surface area (Å²) in [4.78, 5) is 36.0. The first kappa shape index (κ1) is 94.2. The molecule has 9 nitrogen and oxygen atoms in total. The van der Waals surface area contributed by atoms with Crippen LogP contribution in [0.4, 0.5) is 0 Å². The summed E-state index contributed by atoms with van der Waals surface area (Å²) in [5.41, 5.74) is 0. The zero-order valence-electron chi connectivity index (χ0n) is 65.2. The number of nitrogens with zero attached hydrogens (tertiary/aromatic N) is 1. The summed E-state index contributed by atoms with van der Waals surface area (Å²) in [5, 5.41) is 0. The van der Waals surface area contributed by atoms with E-state index >= 15 is 0 Å². The van der Waals surface area contributed by atoms with Gasteiger partial charge in [0.05, 0.1) is 27.7 Å². The molecule has 0 aromatic heterocycles. The van der Waals surface area contributed by atoms with E-state index in [9.17, 15) is 19.0 Å². The number of rotatable bonds is 81. The lowest BCUT2D eigenvalue weighted by molar-refractivity contribution is -0.870. The molecule has 2 unspecified atom stereocenters. The van der Waals surface area contributed by atoms with Crippen LogP contribution in [0.5, 0.6) is 0 Å². The highest BCUT2D eigenvalue weighted by Gasteiger charge is 2.27. The Hall–Kier alpha value is -1.77. The Morgan fingerprint density at radius 2 is 0.562 bits per heavy atom. The number of allylic oxidation sites excluding steroid dienone is 6. The molecule has 568 valence electrons. The maximum absolute atomic E-state index is 12.9. The van der Waals surface area contributed by atoms with Gasteiger partial charge in [0.15, 0.2) is 6.10 Å². The van der Waals surface area contributed by atoms with Crippen LogP contribution in [0, 0.1) is 0 Å². The van der Waals surface area contributed by atoms with Gasteiger partial charge in [-0.25, -0.2) is 4.57 Å². The molecule has 0 aliphatic heterocycles. The topological polar surface area (TPSA) is 108 Å². The van der Waals surface area contributed by atoms with Gasteiger partial charge in [0.1, 0.15) is 19.8 Å². The zero-order valence-corrected chi connectivity index (χ0v) is 66.0. The minimum atomic E-state index is -4.39. The van der Waals surface area contributed by atoms with Crippen LogP contribution in [-0.2, 0) is 32.7 Å². The Balaban J connectivity index is 3.87. The van der Waals surface area contributed by atoms with Gasteiger partial charge >= 0.3 is 19.8 Å². The van der Waals surface area contributed by atoms with E-state index in [0.29, 0.717) is 23.9 Å². The predicted molar refractivity (Wildman–Crippen MR) is 418 cm³/mol. The van der Waals surface area contributed by atoms with E-state index in [-0.39, 0.29) is 25.6 Å². The first-order chi connectivity index (χ1) is 47.0. The third kappa shape index (κ3) is 81.2. The van der Waals surface area contributed by atoms with Crippen molar-refractivity contribution in [2.45, 2.75) is 457 Å². The molecule has 0 fully saturated rings. The van der Waals surface area contributed by atoms with Crippen LogP contribution in [-0.4, -0.2) is 74.9 Å². The van der Waals surface area contributed by atoms with E-state index in [1.807, 2.05) is 21.1 Å². The quantitative estimate of drug-likeness (QED) is 0.0211. The summed E-state index contributed by atoms with van der Waals surface area (Å²) >= 11 is 0. The molecule has 2 atom stereocenters. The lowest BCUT2D eigenvalue weighted by atomic mass is 10.0. The van der Waals surface area contributed by atoms with E-state index < -0.39 is 26.5 Å². The average molecular weight is 1370 g/mol. The third-order valence-corrected chi connectivity index (χ3v) is 20.6. The molecule has 0 heterocycles. The first-order valence-electron chi connectivity index (χ1n) is 42.7. The summed E-state index contributed by atoms with van der Waals surface area (Å²) in [7, 11) is 1.51. The van der Waals surface area contributed by atoms with Crippen molar-refractivity contribution in [3.8, 4) is 0 Å². The van der Waals surface area contributed by atoms with Gasteiger partial charge in [-0.3, -0.25) is 18.6 Å². The number of carbonyl (C=O) groups is 2. The molecule has 0 bridgehead atoms. The largest absolute Gasteiger partial charge is 0.472 e. The van der Waals surface area contributed by atoms with Gasteiger partial charge in [0, 0.05) is 12.8 Å². The summed E-state index contributed by atoms with van der Waals surface area (Å²) in [6.45, 7) is 4.51. The SMILES string of the molecule is CCCCCCC/C=C\C/C=C\CCCCCCCCCCCCCCCCCCCCCCCCCC(=O)OC(COC(=O)CCCCCCCCCCCCCCCCCCCCCCCCCCC/C=C\CCCCCCCCCC)COP(=O)(O)OCC[N+](C)(C)C. The van der Waals surface area contributed by atoms with Crippen molar-refractivity contribution in [1.29, 1.82) is 0 Å². The second-order valence-electron chi connectivity index (χ2n) is 30.6. The predicted octanol–water partition coefficient (Wildman–Crippen LogP) is 28.5. The molecule has 0 saturated heterocycles. The maximum atomic E-state index is 12.9. The fraction of sp³-hybridized carbons (Fsp3) is 0.907. The van der Waals surface area contributed by atoms with Crippen molar-refractivity contribution in [3.05, 3.63) is 36.5 Å². The smallest absolute Gasteiger partial charge is 0.462 e. The van der Waals surface area contributed by atoms with Crippen LogP contribution in [0.3, 0.4) is 0 Å². The van der Waals surface area contributed by atoms with Crippen molar-refractivity contribution in [1.82, 2.24) is 0 Å². The Bertz CT molecular complexity index is 1710. The van der Waals surface area contributed by atoms with Crippen molar-refractivity contribution in [2.24, 2.45) is 0 Å². The number of phosphoric acid groups is 1. The number of ether oxygens (including phenoxy) is 2. The number of unbranched alkanes of at least 4 members (excludes halogenated alkanes) is 61. The monoisotopic (exact) mass is 1370 g/mol. The fourth-order valence-electron chi connectivity index (χ4n) is 13.1. The van der Waals surface area contributed by atoms with Crippen molar-refractivity contribution in [2.75, 3.05) is 47.5 Å². The standard InChI is InChI=1S/C86H166NO8P/c1-6-8-10-12-14-16-18-20-22-24-26-28-30-32-34-36-38-40-42-43-45-46-48-50-52-54-56-58-60-62-64-66-68-70-72-74-76-78-85(88)92-82-84(83-94-96(90,91)93-81-80-87(3,4)5)95-86(89)79-77-75-73-71-69-67-65-63-61-59-57-55-53-51-49-47-44-41-39-37-35-33-31-29-27-25-23-21-19-17-15-13-11-9-7-2/h19,21,24-27,84H,6-18,20,22-23,28-83H2,1-5H3/p+1/b21-19-,26-24-,27-25-. The highest BCUT2D eigenvalue weighted by molar-refractivity contribution is 7.47. The molecule has 0 saturated carbocycles. The molecule has 0 aliphatic rings. The van der Waals surface area contributed by atoms with Gasteiger partial charge in [-0.05, 0) is 70.6 Å². The Morgan fingerprint density at radius 1 is 0.323 bits per heavy atom. The zero-order chi connectivity index (χ0) is 69.7. The summed E-state index contributed by atoms with van der Waals surface area (Å²) < 4.78 is 34.9. The lowest BCUT2D eigenvalue weighted by Crippen LogP contribution is -2.37. The Morgan fingerprint density at radius 3 is 0.833 bits per heavy atom. The number of quaternary nitrogens is 1. The normalized spacial score (nSPS) is 13.1. The molecule has 0 aromatic rings. The highest BCUT2D eigenvalue weighted by Crippen LogP contribution is 2.43. The van der Waals surface area contributed by atoms with Gasteiger partial charge in [0.25, 0.3) is 0 Å². The molecule has 0 aliphatic carbocycles. The summed E-state index contributed by atoms with van der Waals surface area (Å²) in [6.07, 6.45) is 102. The summed E-state index contributed by atoms with van der Waals surface area (Å²) in [6, 6.07) is 0. The number of esters is 2. The number of likely N-dealkylation sites (N-methyl/N-ethyl adjacent to an activating group) is 1. The molecule has 0 spiro atoms. The van der Waals surface area contributed by atoms with Crippen LogP contribution >= 0.6 is 7.82 Å². The van der Waals surface area contributed by atoms with Crippen molar-refractivity contribution >= 4 is 19.8 Å². The van der Waals surface area contributed by atoms with Crippen LogP contribution in [0.1, 0.15) is 450 Å². The highest BCUT2D eigenvalue weighted by atomic mass is 31.2. The van der Waals surface area contributed by atoms with Crippen LogP contribution in [0.15, 0.2) is 36.5 Å².